The van der Waals surface area contributed by atoms with Crippen molar-refractivity contribution < 1.29 is 18.9 Å². The molecule has 1 aliphatic heterocycles. The Bertz CT molecular complexity index is 430. The molecule has 1 aromatic rings. The van der Waals surface area contributed by atoms with Crippen LogP contribution in [0, 0.1) is 0 Å². The van der Waals surface area contributed by atoms with Gasteiger partial charge in [-0.15, -0.1) is 0 Å². The Morgan fingerprint density at radius 1 is 1.25 bits per heavy atom. The van der Waals surface area contributed by atoms with E-state index >= 15 is 0 Å². The summed E-state index contributed by atoms with van der Waals surface area (Å²) < 4.78 is 21.7. The van der Waals surface area contributed by atoms with Gasteiger partial charge < -0.3 is 24.3 Å². The third-order valence-electron chi connectivity index (χ3n) is 3.75. The van der Waals surface area contributed by atoms with Gasteiger partial charge in [0, 0.05) is 38.8 Å². The quantitative estimate of drug-likeness (QED) is 0.822. The minimum Gasteiger partial charge on any atom is -0.493 e. The number of para-hydroxylation sites is 1. The molecule has 0 saturated carbocycles. The van der Waals surface area contributed by atoms with Crippen LogP contribution in [0.25, 0.3) is 0 Å². The molecule has 1 fully saturated rings. The van der Waals surface area contributed by atoms with Crippen LogP contribution in [0.2, 0.25) is 0 Å². The number of hydrogen-bond acceptors (Lipinski definition) is 5. The highest BCUT2D eigenvalue weighted by Crippen LogP contribution is 2.30. The molecule has 5 nitrogen and oxygen atoms in total. The first-order valence-corrected chi connectivity index (χ1v) is 6.78. The summed E-state index contributed by atoms with van der Waals surface area (Å²) in [6.45, 7) is 2.86. The van der Waals surface area contributed by atoms with E-state index in [4.69, 9.17) is 18.9 Å². The summed E-state index contributed by atoms with van der Waals surface area (Å²) in [5, 5.41) is 3.42. The Morgan fingerprint density at radius 2 is 2.10 bits per heavy atom. The van der Waals surface area contributed by atoms with E-state index in [9.17, 15) is 0 Å². The Morgan fingerprint density at radius 3 is 2.70 bits per heavy atom. The number of ether oxygens (including phenoxy) is 4. The molecule has 20 heavy (non-hydrogen) atoms. The Kier molecular flexibility index (Phi) is 5.23. The SMILES string of the molecule is COc1cccc(CNCC2(OC)CCOC2)c1OC. The highest BCUT2D eigenvalue weighted by molar-refractivity contribution is 5.46. The van der Waals surface area contributed by atoms with Crippen molar-refractivity contribution >= 4 is 0 Å². The van der Waals surface area contributed by atoms with E-state index in [1.165, 1.54) is 0 Å². The van der Waals surface area contributed by atoms with Crippen molar-refractivity contribution in [3.8, 4) is 11.5 Å². The molecule has 0 aliphatic carbocycles. The lowest BCUT2D eigenvalue weighted by atomic mass is 10.0. The van der Waals surface area contributed by atoms with E-state index in [0.717, 1.165) is 36.6 Å². The maximum Gasteiger partial charge on any atom is 0.165 e. The van der Waals surface area contributed by atoms with Crippen LogP contribution in [0.4, 0.5) is 0 Å². The molecule has 0 aromatic heterocycles. The van der Waals surface area contributed by atoms with E-state index in [0.29, 0.717) is 13.2 Å². The van der Waals surface area contributed by atoms with Gasteiger partial charge in [0.05, 0.1) is 20.8 Å². The molecule has 1 atom stereocenters. The lowest BCUT2D eigenvalue weighted by molar-refractivity contribution is -0.0159. The summed E-state index contributed by atoms with van der Waals surface area (Å²) in [6.07, 6.45) is 0.922. The van der Waals surface area contributed by atoms with Crippen LogP contribution >= 0.6 is 0 Å². The van der Waals surface area contributed by atoms with Crippen LogP contribution in [0.3, 0.4) is 0 Å². The average Bonchev–Trinajstić information content (AvgIpc) is 2.96. The fraction of sp³-hybridized carbons (Fsp3) is 0.600. The highest BCUT2D eigenvalue weighted by Gasteiger charge is 2.34. The smallest absolute Gasteiger partial charge is 0.165 e. The summed E-state index contributed by atoms with van der Waals surface area (Å²) in [5.41, 5.74) is 0.864. The topological polar surface area (TPSA) is 49.0 Å². The van der Waals surface area contributed by atoms with Gasteiger partial charge in [-0.3, -0.25) is 0 Å². The fourth-order valence-electron chi connectivity index (χ4n) is 2.48. The first-order valence-electron chi connectivity index (χ1n) is 6.78. The predicted octanol–water partition coefficient (Wildman–Crippen LogP) is 1.60. The van der Waals surface area contributed by atoms with Gasteiger partial charge in [-0.25, -0.2) is 0 Å². The molecule has 1 aromatic carbocycles. The van der Waals surface area contributed by atoms with Gasteiger partial charge in [0.1, 0.15) is 5.60 Å². The maximum absolute atomic E-state index is 5.59. The van der Waals surface area contributed by atoms with Gasteiger partial charge >= 0.3 is 0 Å². The van der Waals surface area contributed by atoms with Gasteiger partial charge in [0.25, 0.3) is 0 Å². The first kappa shape index (κ1) is 15.1. The van der Waals surface area contributed by atoms with Crippen molar-refractivity contribution in [3.05, 3.63) is 23.8 Å². The number of methoxy groups -OCH3 is 3. The van der Waals surface area contributed by atoms with E-state index in [-0.39, 0.29) is 5.60 Å². The molecular formula is C15H23NO4. The molecule has 2 rings (SSSR count). The minimum absolute atomic E-state index is 0.202. The van der Waals surface area contributed by atoms with Crippen molar-refractivity contribution in [2.75, 3.05) is 41.1 Å². The lowest BCUT2D eigenvalue weighted by Crippen LogP contribution is -2.42. The molecule has 0 bridgehead atoms. The summed E-state index contributed by atoms with van der Waals surface area (Å²) >= 11 is 0. The second kappa shape index (κ2) is 6.92. The number of benzene rings is 1. The van der Waals surface area contributed by atoms with Crippen LogP contribution in [0.1, 0.15) is 12.0 Å². The molecular weight excluding hydrogens is 258 g/mol. The standard InChI is InChI=1S/C15H23NO4/c1-17-13-6-4-5-12(14(13)18-2)9-16-10-15(19-3)7-8-20-11-15/h4-6,16H,7-11H2,1-3H3. The van der Waals surface area contributed by atoms with E-state index in [2.05, 4.69) is 5.32 Å². The lowest BCUT2D eigenvalue weighted by Gasteiger charge is -2.26. The summed E-state index contributed by atoms with van der Waals surface area (Å²) in [6, 6.07) is 5.88. The largest absolute Gasteiger partial charge is 0.493 e. The monoisotopic (exact) mass is 281 g/mol. The third-order valence-corrected chi connectivity index (χ3v) is 3.75. The molecule has 1 saturated heterocycles. The number of hydrogen-bond donors (Lipinski definition) is 1. The van der Waals surface area contributed by atoms with Gasteiger partial charge in [-0.2, -0.15) is 0 Å². The van der Waals surface area contributed by atoms with Crippen LogP contribution in [0.5, 0.6) is 11.5 Å². The summed E-state index contributed by atoms with van der Waals surface area (Å²) in [7, 11) is 5.04. The van der Waals surface area contributed by atoms with Crippen LogP contribution in [0.15, 0.2) is 18.2 Å². The molecule has 5 heteroatoms. The van der Waals surface area contributed by atoms with Gasteiger partial charge in [0.15, 0.2) is 11.5 Å². The zero-order valence-electron chi connectivity index (χ0n) is 12.4. The minimum atomic E-state index is -0.202. The fourth-order valence-corrected chi connectivity index (χ4v) is 2.48. The Balaban J connectivity index is 1.97. The molecule has 0 spiro atoms. The number of rotatable bonds is 7. The molecule has 1 heterocycles. The summed E-state index contributed by atoms with van der Waals surface area (Å²) in [4.78, 5) is 0. The zero-order chi connectivity index (χ0) is 14.4. The molecule has 1 N–H and O–H groups in total. The second-order valence-corrected chi connectivity index (χ2v) is 4.95. The summed E-state index contributed by atoms with van der Waals surface area (Å²) in [5.74, 6) is 1.52. The molecule has 1 unspecified atom stereocenters. The molecule has 112 valence electrons. The van der Waals surface area contributed by atoms with Crippen molar-refractivity contribution in [2.24, 2.45) is 0 Å². The van der Waals surface area contributed by atoms with E-state index in [1.807, 2.05) is 18.2 Å². The highest BCUT2D eigenvalue weighted by atomic mass is 16.5. The average molecular weight is 281 g/mol. The number of nitrogens with one attached hydrogen (secondary N) is 1. The zero-order valence-corrected chi connectivity index (χ0v) is 12.4. The second-order valence-electron chi connectivity index (χ2n) is 4.95. The van der Waals surface area contributed by atoms with Crippen molar-refractivity contribution in [1.29, 1.82) is 0 Å². The normalized spacial score (nSPS) is 21.9. The molecule has 1 aliphatic rings. The van der Waals surface area contributed by atoms with E-state index in [1.54, 1.807) is 21.3 Å². The maximum atomic E-state index is 5.59. The Labute approximate surface area is 120 Å². The Hall–Kier alpha value is -1.30. The van der Waals surface area contributed by atoms with Crippen LogP contribution in [-0.2, 0) is 16.0 Å². The van der Waals surface area contributed by atoms with Crippen molar-refractivity contribution in [2.45, 2.75) is 18.6 Å². The van der Waals surface area contributed by atoms with Crippen LogP contribution < -0.4 is 14.8 Å². The molecule has 0 amide bonds. The van der Waals surface area contributed by atoms with Crippen molar-refractivity contribution in [3.63, 3.8) is 0 Å². The van der Waals surface area contributed by atoms with Crippen molar-refractivity contribution in [1.82, 2.24) is 5.32 Å². The van der Waals surface area contributed by atoms with Gasteiger partial charge in [-0.05, 0) is 6.07 Å². The molecule has 0 radical (unpaired) electrons. The first-order chi connectivity index (χ1) is 9.74. The van der Waals surface area contributed by atoms with Crippen LogP contribution in [-0.4, -0.2) is 46.7 Å². The van der Waals surface area contributed by atoms with Gasteiger partial charge in [-0.1, -0.05) is 12.1 Å². The van der Waals surface area contributed by atoms with E-state index < -0.39 is 0 Å². The predicted molar refractivity (Wildman–Crippen MR) is 76.4 cm³/mol. The van der Waals surface area contributed by atoms with Gasteiger partial charge in [0.2, 0.25) is 0 Å². The third kappa shape index (κ3) is 3.23.